The van der Waals surface area contributed by atoms with E-state index in [9.17, 15) is 4.79 Å². The number of nitrogens with two attached hydrogens (primary N) is 1. The molecule has 0 bridgehead atoms. The van der Waals surface area contributed by atoms with E-state index in [1.165, 1.54) is 11.3 Å². The fraction of sp³-hybridized carbons (Fsp3) is 0.286. The number of hydrogen-bond donors (Lipinski definition) is 3. The highest BCUT2D eigenvalue weighted by molar-refractivity contribution is 9.10. The molecule has 7 heteroatoms. The highest BCUT2D eigenvalue weighted by Gasteiger charge is 2.17. The van der Waals surface area contributed by atoms with Gasteiger partial charge >= 0.3 is 0 Å². The maximum atomic E-state index is 12.3. The average molecular weight is 369 g/mol. The number of nitrogens with one attached hydrogen (secondary N) is 2. The molecule has 1 amide bonds. The first kappa shape index (κ1) is 15.8. The number of rotatable bonds is 4. The number of anilines is 3. The van der Waals surface area contributed by atoms with E-state index < -0.39 is 0 Å². The summed E-state index contributed by atoms with van der Waals surface area (Å²) in [5.41, 5.74) is 7.59. The fourth-order valence-corrected chi connectivity index (χ4v) is 2.89. The zero-order valence-corrected chi connectivity index (χ0v) is 14.4. The van der Waals surface area contributed by atoms with Crippen LogP contribution in [0.2, 0.25) is 0 Å². The number of nitrogen functional groups attached to an aromatic ring is 1. The van der Waals surface area contributed by atoms with Crippen LogP contribution in [-0.4, -0.2) is 16.9 Å². The Morgan fingerprint density at radius 2 is 2.14 bits per heavy atom. The van der Waals surface area contributed by atoms with Crippen LogP contribution in [0.1, 0.15) is 29.1 Å². The summed E-state index contributed by atoms with van der Waals surface area (Å²) in [6.45, 7) is 5.97. The van der Waals surface area contributed by atoms with Gasteiger partial charge in [0.15, 0.2) is 5.13 Å². The Kier molecular flexibility index (Phi) is 4.84. The number of hydrogen-bond acceptors (Lipinski definition) is 5. The Bertz CT molecular complexity index is 669. The lowest BCUT2D eigenvalue weighted by atomic mass is 10.2. The Morgan fingerprint density at radius 1 is 1.43 bits per heavy atom. The molecule has 1 heterocycles. The van der Waals surface area contributed by atoms with Gasteiger partial charge < -0.3 is 16.4 Å². The van der Waals surface area contributed by atoms with Gasteiger partial charge in [0.25, 0.3) is 5.91 Å². The lowest BCUT2D eigenvalue weighted by Gasteiger charge is -2.06. The van der Waals surface area contributed by atoms with Crippen molar-refractivity contribution in [2.75, 3.05) is 16.4 Å². The summed E-state index contributed by atoms with van der Waals surface area (Å²) in [5.74, 6) is -0.00184. The average Bonchev–Trinajstić information content (AvgIpc) is 2.74. The molecular weight excluding hydrogens is 352 g/mol. The van der Waals surface area contributed by atoms with E-state index in [0.717, 1.165) is 15.7 Å². The van der Waals surface area contributed by atoms with Crippen molar-refractivity contribution >= 4 is 49.8 Å². The molecule has 0 aliphatic heterocycles. The second kappa shape index (κ2) is 6.44. The van der Waals surface area contributed by atoms with Gasteiger partial charge in [0.2, 0.25) is 0 Å². The number of halogens is 1. The molecule has 2 rings (SSSR count). The van der Waals surface area contributed by atoms with E-state index >= 15 is 0 Å². The molecule has 0 saturated carbocycles. The van der Waals surface area contributed by atoms with Crippen LogP contribution >= 0.6 is 27.3 Å². The molecule has 1 aromatic heterocycles. The third-order valence-electron chi connectivity index (χ3n) is 2.69. The summed E-state index contributed by atoms with van der Waals surface area (Å²) in [5, 5.41) is 6.63. The summed E-state index contributed by atoms with van der Waals surface area (Å²) in [6.07, 6.45) is 0. The smallest absolute Gasteiger partial charge is 0.269 e. The van der Waals surface area contributed by atoms with Gasteiger partial charge in [0.05, 0.1) is 0 Å². The number of aryl methyl sites for hydroxylation is 1. The number of benzene rings is 1. The van der Waals surface area contributed by atoms with Gasteiger partial charge in [-0.1, -0.05) is 27.3 Å². The van der Waals surface area contributed by atoms with E-state index in [2.05, 4.69) is 31.5 Å². The van der Waals surface area contributed by atoms with Crippen molar-refractivity contribution in [1.29, 1.82) is 0 Å². The third-order valence-corrected chi connectivity index (χ3v) is 4.58. The molecule has 0 saturated heterocycles. The molecule has 112 valence electrons. The molecule has 0 radical (unpaired) electrons. The maximum Gasteiger partial charge on any atom is 0.269 e. The van der Waals surface area contributed by atoms with E-state index in [1.54, 1.807) is 0 Å². The van der Waals surface area contributed by atoms with Crippen molar-refractivity contribution < 1.29 is 4.79 Å². The van der Waals surface area contributed by atoms with Crippen LogP contribution in [0, 0.1) is 6.92 Å². The Labute approximate surface area is 136 Å². The minimum Gasteiger partial charge on any atom is -0.382 e. The summed E-state index contributed by atoms with van der Waals surface area (Å²) < 4.78 is 1.00. The maximum absolute atomic E-state index is 12.3. The molecule has 0 spiro atoms. The highest BCUT2D eigenvalue weighted by atomic mass is 79.9. The monoisotopic (exact) mass is 368 g/mol. The molecule has 0 atom stereocenters. The number of thiazole rings is 1. The van der Waals surface area contributed by atoms with Crippen molar-refractivity contribution in [1.82, 2.24) is 4.98 Å². The van der Waals surface area contributed by atoms with Gasteiger partial charge in [0.1, 0.15) is 10.7 Å². The van der Waals surface area contributed by atoms with Crippen LogP contribution in [-0.2, 0) is 0 Å². The van der Waals surface area contributed by atoms with Gasteiger partial charge in [-0.3, -0.25) is 4.79 Å². The second-order valence-electron chi connectivity index (χ2n) is 4.95. The molecule has 1 aromatic carbocycles. The van der Waals surface area contributed by atoms with Gasteiger partial charge in [-0.15, -0.1) is 0 Å². The minimum absolute atomic E-state index is 0.237. The lowest BCUT2D eigenvalue weighted by Crippen LogP contribution is -2.12. The van der Waals surface area contributed by atoms with Crippen LogP contribution in [0.15, 0.2) is 22.7 Å². The van der Waals surface area contributed by atoms with Gasteiger partial charge in [-0.05, 0) is 44.5 Å². The van der Waals surface area contributed by atoms with Crippen molar-refractivity contribution in [3.63, 3.8) is 0 Å². The van der Waals surface area contributed by atoms with Crippen LogP contribution < -0.4 is 16.4 Å². The zero-order chi connectivity index (χ0) is 15.6. The van der Waals surface area contributed by atoms with Gasteiger partial charge in [-0.25, -0.2) is 4.98 Å². The predicted octanol–water partition coefficient (Wildman–Crippen LogP) is 3.87. The van der Waals surface area contributed by atoms with Crippen molar-refractivity contribution in [3.05, 3.63) is 33.1 Å². The topological polar surface area (TPSA) is 80.0 Å². The summed E-state index contributed by atoms with van der Waals surface area (Å²) in [7, 11) is 0. The number of amides is 1. The molecule has 21 heavy (non-hydrogen) atoms. The van der Waals surface area contributed by atoms with Crippen molar-refractivity contribution in [3.8, 4) is 0 Å². The van der Waals surface area contributed by atoms with Crippen LogP contribution in [0.5, 0.6) is 0 Å². The second-order valence-corrected chi connectivity index (χ2v) is 6.80. The number of aromatic nitrogens is 1. The van der Waals surface area contributed by atoms with Crippen molar-refractivity contribution in [2.24, 2.45) is 0 Å². The highest BCUT2D eigenvalue weighted by Crippen LogP contribution is 2.27. The molecule has 0 aliphatic carbocycles. The Balaban J connectivity index is 2.16. The zero-order valence-electron chi connectivity index (χ0n) is 12.0. The fourth-order valence-electron chi connectivity index (χ4n) is 1.71. The van der Waals surface area contributed by atoms with E-state index in [1.807, 2.05) is 39.0 Å². The number of carbonyl (C=O) groups excluding carboxylic acids is 1. The SMILES string of the molecule is Cc1cc(NC(=O)c2sc(NC(C)C)nc2N)ccc1Br. The molecule has 4 N–H and O–H groups in total. The molecule has 2 aromatic rings. The van der Waals surface area contributed by atoms with E-state index in [-0.39, 0.29) is 17.8 Å². The summed E-state index contributed by atoms with van der Waals surface area (Å²) in [4.78, 5) is 16.8. The summed E-state index contributed by atoms with van der Waals surface area (Å²) in [6, 6.07) is 5.86. The van der Waals surface area contributed by atoms with Gasteiger partial charge in [-0.2, -0.15) is 0 Å². The minimum atomic E-state index is -0.247. The van der Waals surface area contributed by atoms with Crippen LogP contribution in [0.4, 0.5) is 16.6 Å². The molecule has 0 fully saturated rings. The van der Waals surface area contributed by atoms with E-state index in [0.29, 0.717) is 10.0 Å². The first-order chi connectivity index (χ1) is 9.86. The quantitative estimate of drug-likeness (QED) is 0.764. The number of carbonyl (C=O) groups is 1. The molecule has 0 unspecified atom stereocenters. The normalized spacial score (nSPS) is 10.7. The standard InChI is InChI=1S/C14H17BrN4OS/c1-7(2)17-14-19-12(16)11(21-14)13(20)18-9-4-5-10(15)8(3)6-9/h4-7H,16H2,1-3H3,(H,17,19)(H,18,20). The Hall–Kier alpha value is -1.60. The van der Waals surface area contributed by atoms with Crippen LogP contribution in [0.25, 0.3) is 0 Å². The third kappa shape index (κ3) is 3.95. The lowest BCUT2D eigenvalue weighted by molar-refractivity contribution is 0.103. The first-order valence-electron chi connectivity index (χ1n) is 6.47. The number of nitrogens with zero attached hydrogens (tertiary/aromatic N) is 1. The Morgan fingerprint density at radius 3 is 2.76 bits per heavy atom. The molecule has 5 nitrogen and oxygen atoms in total. The first-order valence-corrected chi connectivity index (χ1v) is 8.08. The predicted molar refractivity (Wildman–Crippen MR) is 92.1 cm³/mol. The molecular formula is C14H17BrN4OS. The molecule has 0 aliphatic rings. The van der Waals surface area contributed by atoms with E-state index in [4.69, 9.17) is 5.73 Å². The largest absolute Gasteiger partial charge is 0.382 e. The van der Waals surface area contributed by atoms with Gasteiger partial charge in [0, 0.05) is 16.2 Å². The van der Waals surface area contributed by atoms with Crippen LogP contribution in [0.3, 0.4) is 0 Å². The van der Waals surface area contributed by atoms with Crippen molar-refractivity contribution in [2.45, 2.75) is 26.8 Å². The summed E-state index contributed by atoms with van der Waals surface area (Å²) >= 11 is 4.68.